The Kier molecular flexibility index (Phi) is 2.91. The van der Waals surface area contributed by atoms with E-state index in [0.717, 1.165) is 12.8 Å². The molecule has 2 N–H and O–H groups in total. The van der Waals surface area contributed by atoms with Crippen LogP contribution in [0.3, 0.4) is 0 Å². The number of allylic oxidation sites excluding steroid dienone is 2. The van der Waals surface area contributed by atoms with Crippen molar-refractivity contribution in [3.05, 3.63) is 11.6 Å². The van der Waals surface area contributed by atoms with Gasteiger partial charge in [-0.3, -0.25) is 0 Å². The summed E-state index contributed by atoms with van der Waals surface area (Å²) >= 11 is 0. The predicted molar refractivity (Wildman–Crippen MR) is 48.9 cm³/mol. The summed E-state index contributed by atoms with van der Waals surface area (Å²) in [5, 5.41) is 19.3. The molecule has 70 valence electrons. The van der Waals surface area contributed by atoms with Gasteiger partial charge in [-0.05, 0) is 39.5 Å². The van der Waals surface area contributed by atoms with Crippen LogP contribution in [0.25, 0.3) is 0 Å². The molecule has 1 aliphatic rings. The molecule has 2 atom stereocenters. The van der Waals surface area contributed by atoms with Gasteiger partial charge in [-0.2, -0.15) is 0 Å². The second kappa shape index (κ2) is 3.58. The minimum absolute atomic E-state index is 0.568. The van der Waals surface area contributed by atoms with E-state index in [1.807, 2.05) is 0 Å². The van der Waals surface area contributed by atoms with Crippen LogP contribution in [0.2, 0.25) is 0 Å². The molecule has 1 rings (SSSR count). The van der Waals surface area contributed by atoms with Crippen molar-refractivity contribution in [3.8, 4) is 0 Å². The summed E-state index contributed by atoms with van der Waals surface area (Å²) in [7, 11) is 0. The molecule has 0 fully saturated rings. The quantitative estimate of drug-likeness (QED) is 0.542. The summed E-state index contributed by atoms with van der Waals surface area (Å²) in [6, 6.07) is 0. The minimum atomic E-state index is -0.893. The molecular formula is C10H18O2. The summed E-state index contributed by atoms with van der Waals surface area (Å²) < 4.78 is 0. The predicted octanol–water partition coefficient (Wildman–Crippen LogP) is 1.62. The third-order valence-corrected chi connectivity index (χ3v) is 2.68. The lowest BCUT2D eigenvalue weighted by molar-refractivity contribution is -0.0703. The lowest BCUT2D eigenvalue weighted by atomic mass is 9.86. The van der Waals surface area contributed by atoms with Crippen LogP contribution in [0.4, 0.5) is 0 Å². The van der Waals surface area contributed by atoms with Gasteiger partial charge >= 0.3 is 0 Å². The van der Waals surface area contributed by atoms with Gasteiger partial charge in [0.25, 0.3) is 0 Å². The first kappa shape index (κ1) is 9.75. The highest BCUT2D eigenvalue weighted by molar-refractivity contribution is 5.02. The molecular weight excluding hydrogens is 152 g/mol. The summed E-state index contributed by atoms with van der Waals surface area (Å²) in [5.41, 5.74) is 0.428. The van der Waals surface area contributed by atoms with E-state index < -0.39 is 11.7 Å². The van der Waals surface area contributed by atoms with Gasteiger partial charge in [-0.15, -0.1) is 0 Å². The van der Waals surface area contributed by atoms with E-state index in [0.29, 0.717) is 12.8 Å². The fourth-order valence-corrected chi connectivity index (χ4v) is 1.52. The lowest BCUT2D eigenvalue weighted by Gasteiger charge is -2.30. The maximum atomic E-state index is 9.79. The van der Waals surface area contributed by atoms with Crippen LogP contribution in [0.15, 0.2) is 11.6 Å². The Bertz CT molecular complexity index is 182. The Balaban J connectivity index is 2.65. The van der Waals surface area contributed by atoms with Crippen molar-refractivity contribution in [1.82, 2.24) is 0 Å². The van der Waals surface area contributed by atoms with Crippen molar-refractivity contribution in [3.63, 3.8) is 0 Å². The maximum Gasteiger partial charge on any atom is 0.0880 e. The zero-order chi connectivity index (χ0) is 9.19. The first-order valence-corrected chi connectivity index (χ1v) is 4.58. The van der Waals surface area contributed by atoms with Crippen molar-refractivity contribution in [2.75, 3.05) is 0 Å². The third kappa shape index (κ3) is 2.32. The van der Waals surface area contributed by atoms with Gasteiger partial charge in [0.1, 0.15) is 0 Å². The molecule has 0 heterocycles. The largest absolute Gasteiger partial charge is 0.390 e. The maximum absolute atomic E-state index is 9.79. The van der Waals surface area contributed by atoms with Gasteiger partial charge < -0.3 is 10.2 Å². The number of rotatable bonds is 0. The van der Waals surface area contributed by atoms with Crippen LogP contribution in [-0.4, -0.2) is 21.9 Å². The number of hydrogen-bond donors (Lipinski definition) is 2. The highest BCUT2D eigenvalue weighted by Gasteiger charge is 2.30. The molecule has 0 aromatic carbocycles. The Morgan fingerprint density at radius 1 is 1.58 bits per heavy atom. The van der Waals surface area contributed by atoms with E-state index >= 15 is 0 Å². The summed E-state index contributed by atoms with van der Waals surface area (Å²) in [4.78, 5) is 0. The normalized spacial score (nSPS) is 38.3. The monoisotopic (exact) mass is 170 g/mol. The van der Waals surface area contributed by atoms with E-state index in [-0.39, 0.29) is 0 Å². The van der Waals surface area contributed by atoms with Crippen molar-refractivity contribution in [2.24, 2.45) is 0 Å². The minimum Gasteiger partial charge on any atom is -0.390 e. The average molecular weight is 170 g/mol. The molecule has 1 aliphatic carbocycles. The Labute approximate surface area is 73.9 Å². The van der Waals surface area contributed by atoms with Crippen LogP contribution < -0.4 is 0 Å². The van der Waals surface area contributed by atoms with Crippen LogP contribution in [0.1, 0.15) is 39.5 Å². The Morgan fingerprint density at radius 3 is 2.92 bits per heavy atom. The van der Waals surface area contributed by atoms with E-state index in [9.17, 15) is 10.2 Å². The van der Waals surface area contributed by atoms with E-state index in [1.165, 1.54) is 5.57 Å². The highest BCUT2D eigenvalue weighted by atomic mass is 16.3. The van der Waals surface area contributed by atoms with Gasteiger partial charge in [-0.25, -0.2) is 0 Å². The van der Waals surface area contributed by atoms with Gasteiger partial charge in [0.15, 0.2) is 0 Å². The van der Waals surface area contributed by atoms with Crippen molar-refractivity contribution in [2.45, 2.75) is 51.2 Å². The molecule has 0 aromatic rings. The fraction of sp³-hybridized carbons (Fsp3) is 0.800. The Morgan fingerprint density at radius 2 is 2.25 bits per heavy atom. The molecule has 0 aliphatic heterocycles. The summed E-state index contributed by atoms with van der Waals surface area (Å²) in [6.45, 7) is 3.80. The van der Waals surface area contributed by atoms with Gasteiger partial charge in [0.05, 0.1) is 11.7 Å². The summed E-state index contributed by atoms with van der Waals surface area (Å²) in [6.07, 6.45) is 4.69. The number of aliphatic hydroxyl groups is 2. The second-order valence-electron chi connectivity index (χ2n) is 4.00. The first-order chi connectivity index (χ1) is 5.52. The van der Waals surface area contributed by atoms with Crippen LogP contribution >= 0.6 is 0 Å². The van der Waals surface area contributed by atoms with E-state index in [2.05, 4.69) is 13.0 Å². The molecule has 2 nitrogen and oxygen atoms in total. The van der Waals surface area contributed by atoms with Crippen molar-refractivity contribution >= 4 is 0 Å². The SMILES string of the molecule is CC1=CCCC(O)C(C)(O)CC1. The number of hydrogen-bond acceptors (Lipinski definition) is 2. The molecule has 12 heavy (non-hydrogen) atoms. The molecule has 0 aromatic heterocycles. The smallest absolute Gasteiger partial charge is 0.0880 e. The molecule has 0 saturated carbocycles. The van der Waals surface area contributed by atoms with E-state index in [1.54, 1.807) is 6.92 Å². The molecule has 0 saturated heterocycles. The standard InChI is InChI=1S/C10H18O2/c1-8-4-3-5-9(11)10(2,12)7-6-8/h4,9,11-12H,3,5-7H2,1-2H3. The second-order valence-corrected chi connectivity index (χ2v) is 4.00. The topological polar surface area (TPSA) is 40.5 Å². The molecule has 0 radical (unpaired) electrons. The van der Waals surface area contributed by atoms with Crippen LogP contribution in [0, 0.1) is 0 Å². The molecule has 2 heteroatoms. The van der Waals surface area contributed by atoms with Crippen molar-refractivity contribution < 1.29 is 10.2 Å². The van der Waals surface area contributed by atoms with Gasteiger partial charge in [-0.1, -0.05) is 11.6 Å². The Hall–Kier alpha value is -0.340. The third-order valence-electron chi connectivity index (χ3n) is 2.68. The first-order valence-electron chi connectivity index (χ1n) is 4.58. The van der Waals surface area contributed by atoms with Crippen LogP contribution in [-0.2, 0) is 0 Å². The molecule has 0 spiro atoms. The lowest BCUT2D eigenvalue weighted by Crippen LogP contribution is -2.39. The van der Waals surface area contributed by atoms with Gasteiger partial charge in [0, 0.05) is 0 Å². The van der Waals surface area contributed by atoms with E-state index in [4.69, 9.17) is 0 Å². The zero-order valence-electron chi connectivity index (χ0n) is 7.88. The molecule has 0 amide bonds. The van der Waals surface area contributed by atoms with Crippen LogP contribution in [0.5, 0.6) is 0 Å². The molecule has 0 bridgehead atoms. The van der Waals surface area contributed by atoms with Gasteiger partial charge in [0.2, 0.25) is 0 Å². The van der Waals surface area contributed by atoms with Crippen molar-refractivity contribution in [1.29, 1.82) is 0 Å². The average Bonchev–Trinajstić information content (AvgIpc) is 1.99. The highest BCUT2D eigenvalue weighted by Crippen LogP contribution is 2.25. The number of aliphatic hydroxyl groups excluding tert-OH is 1. The fourth-order valence-electron chi connectivity index (χ4n) is 1.52. The molecule has 2 unspecified atom stereocenters. The summed E-state index contributed by atoms with van der Waals surface area (Å²) in [5.74, 6) is 0. The zero-order valence-corrected chi connectivity index (χ0v) is 7.88.